The monoisotopic (exact) mass is 498 g/mol. The van der Waals surface area contributed by atoms with Gasteiger partial charge in [-0.3, -0.25) is 0 Å². The van der Waals surface area contributed by atoms with E-state index in [9.17, 15) is 0 Å². The Kier molecular flexibility index (Phi) is 6.60. The fourth-order valence-corrected chi connectivity index (χ4v) is 11.5. The fraction of sp³-hybridized carbons (Fsp3) is 0.385. The average Bonchev–Trinajstić information content (AvgIpc) is 3.28. The van der Waals surface area contributed by atoms with Gasteiger partial charge in [0.2, 0.25) is 0 Å². The molecule has 2 atom stereocenters. The van der Waals surface area contributed by atoms with Gasteiger partial charge in [-0.1, -0.05) is 0 Å². The topological polar surface area (TPSA) is 0 Å². The van der Waals surface area contributed by atoms with Gasteiger partial charge in [-0.2, -0.15) is 0 Å². The van der Waals surface area contributed by atoms with Crippen molar-refractivity contribution in [2.75, 3.05) is 0 Å². The first-order chi connectivity index (χ1) is 13.4. The zero-order valence-electron chi connectivity index (χ0n) is 16.7. The quantitative estimate of drug-likeness (QED) is 0.578. The Bertz CT molecular complexity index is 908. The van der Waals surface area contributed by atoms with Crippen molar-refractivity contribution in [3.8, 4) is 0 Å². The summed E-state index contributed by atoms with van der Waals surface area (Å²) in [5, 5.41) is 0. The third-order valence-corrected chi connectivity index (χ3v) is 12.4. The average molecular weight is 501 g/mol. The molecule has 4 aliphatic carbocycles. The van der Waals surface area contributed by atoms with Crippen molar-refractivity contribution >= 4 is 11.1 Å². The molecular formula is C26H26Cl2Zr. The van der Waals surface area contributed by atoms with Crippen LogP contribution in [0.1, 0.15) is 60.8 Å². The van der Waals surface area contributed by atoms with Crippen LogP contribution >= 0.6 is 0 Å². The SMILES string of the molecule is [Cl-].[Cl-].c1ccc2c(c1)CC1=C2CCC[CH]1[Zr+2][CH]1CCCC2=C1Cc1ccccc12. The van der Waals surface area contributed by atoms with Crippen molar-refractivity contribution in [1.29, 1.82) is 0 Å². The van der Waals surface area contributed by atoms with Crippen LogP contribution in [0.2, 0.25) is 7.25 Å². The molecule has 4 aliphatic rings. The Morgan fingerprint density at radius 3 is 1.55 bits per heavy atom. The van der Waals surface area contributed by atoms with Crippen LogP contribution in [0.4, 0.5) is 0 Å². The molecule has 0 nitrogen and oxygen atoms in total. The van der Waals surface area contributed by atoms with Crippen LogP contribution in [-0.4, -0.2) is 0 Å². The minimum atomic E-state index is -0.469. The van der Waals surface area contributed by atoms with Gasteiger partial charge in [-0.05, 0) is 0 Å². The summed E-state index contributed by atoms with van der Waals surface area (Å²) in [6.07, 6.45) is 11.1. The molecular weight excluding hydrogens is 474 g/mol. The van der Waals surface area contributed by atoms with Crippen molar-refractivity contribution in [3.05, 3.63) is 81.9 Å². The molecule has 0 saturated heterocycles. The number of allylic oxidation sites excluding steroid dienone is 4. The number of halogens is 2. The Morgan fingerprint density at radius 2 is 1.07 bits per heavy atom. The van der Waals surface area contributed by atoms with Gasteiger partial charge in [-0.15, -0.1) is 0 Å². The number of benzene rings is 2. The summed E-state index contributed by atoms with van der Waals surface area (Å²) in [5.74, 6) is 0. The molecule has 0 heterocycles. The van der Waals surface area contributed by atoms with E-state index in [0.29, 0.717) is 0 Å². The van der Waals surface area contributed by atoms with E-state index >= 15 is 0 Å². The molecule has 29 heavy (non-hydrogen) atoms. The summed E-state index contributed by atoms with van der Waals surface area (Å²) in [5.41, 5.74) is 13.7. The van der Waals surface area contributed by atoms with E-state index in [1.807, 2.05) is 11.1 Å². The van der Waals surface area contributed by atoms with Gasteiger partial charge >= 0.3 is 175 Å². The summed E-state index contributed by atoms with van der Waals surface area (Å²) in [6, 6.07) is 18.5. The predicted octanol–water partition coefficient (Wildman–Crippen LogP) is 1.04. The second-order valence-electron chi connectivity index (χ2n) is 8.73. The zero-order valence-corrected chi connectivity index (χ0v) is 20.7. The van der Waals surface area contributed by atoms with E-state index < -0.39 is 23.2 Å². The van der Waals surface area contributed by atoms with Crippen LogP contribution in [0, 0.1) is 0 Å². The summed E-state index contributed by atoms with van der Waals surface area (Å²) in [7, 11) is 0. The third-order valence-electron chi connectivity index (χ3n) is 7.30. The Hall–Kier alpha value is -0.617. The number of fused-ring (bicyclic) bond motifs is 4. The van der Waals surface area contributed by atoms with Gasteiger partial charge < -0.3 is 24.8 Å². The molecule has 3 heteroatoms. The van der Waals surface area contributed by atoms with Crippen molar-refractivity contribution in [2.45, 2.75) is 58.6 Å². The van der Waals surface area contributed by atoms with Crippen LogP contribution in [0.5, 0.6) is 0 Å². The second kappa shape index (κ2) is 8.86. The van der Waals surface area contributed by atoms with Crippen molar-refractivity contribution in [2.24, 2.45) is 0 Å². The third kappa shape index (κ3) is 3.66. The van der Waals surface area contributed by atoms with Crippen LogP contribution in [-0.2, 0) is 36.1 Å². The van der Waals surface area contributed by atoms with E-state index in [1.54, 1.807) is 33.4 Å². The van der Waals surface area contributed by atoms with E-state index in [-0.39, 0.29) is 24.8 Å². The van der Waals surface area contributed by atoms with E-state index in [2.05, 4.69) is 48.5 Å². The summed E-state index contributed by atoms with van der Waals surface area (Å²) >= 11 is -0.469. The second-order valence-corrected chi connectivity index (χ2v) is 13.0. The molecule has 2 aromatic rings. The normalized spacial score (nSPS) is 23.9. The molecule has 0 saturated carbocycles. The van der Waals surface area contributed by atoms with Gasteiger partial charge in [0, 0.05) is 0 Å². The number of rotatable bonds is 2. The zero-order chi connectivity index (χ0) is 17.8. The molecule has 2 unspecified atom stereocenters. The molecule has 2 aromatic carbocycles. The van der Waals surface area contributed by atoms with E-state index in [0.717, 1.165) is 7.25 Å². The van der Waals surface area contributed by atoms with Crippen molar-refractivity contribution < 1.29 is 48.0 Å². The Labute approximate surface area is 198 Å². The van der Waals surface area contributed by atoms with Gasteiger partial charge in [-0.25, -0.2) is 0 Å². The molecule has 0 aromatic heterocycles. The van der Waals surface area contributed by atoms with Crippen molar-refractivity contribution in [1.82, 2.24) is 0 Å². The first-order valence-corrected chi connectivity index (χ1v) is 13.6. The summed E-state index contributed by atoms with van der Waals surface area (Å²) < 4.78 is 1.98. The van der Waals surface area contributed by atoms with Crippen LogP contribution in [0.3, 0.4) is 0 Å². The van der Waals surface area contributed by atoms with Gasteiger partial charge in [0.15, 0.2) is 0 Å². The standard InChI is InChI=1S/2C13H13.2ClH.Zr/c2*1-3-7-12-10(5-1)9-11-6-2-4-8-13(11)12;;;/h2*1,3,5-7H,2,4,8-9H2;2*1H;/q;;;;+2/p-2. The number of hydrogen-bond donors (Lipinski definition) is 0. The van der Waals surface area contributed by atoms with E-state index in [1.165, 1.54) is 51.4 Å². The van der Waals surface area contributed by atoms with Crippen LogP contribution in [0.25, 0.3) is 11.1 Å². The van der Waals surface area contributed by atoms with Crippen molar-refractivity contribution in [3.63, 3.8) is 0 Å². The van der Waals surface area contributed by atoms with E-state index in [4.69, 9.17) is 0 Å². The number of hydrogen-bond acceptors (Lipinski definition) is 0. The molecule has 0 fully saturated rings. The van der Waals surface area contributed by atoms with Crippen LogP contribution in [0.15, 0.2) is 59.7 Å². The summed E-state index contributed by atoms with van der Waals surface area (Å²) in [6.45, 7) is 0. The molecule has 0 bridgehead atoms. The fourth-order valence-electron chi connectivity index (χ4n) is 6.09. The molecule has 0 aliphatic heterocycles. The Morgan fingerprint density at radius 1 is 0.621 bits per heavy atom. The maximum atomic E-state index is 2.39. The molecule has 0 radical (unpaired) electrons. The van der Waals surface area contributed by atoms with Gasteiger partial charge in [0.05, 0.1) is 0 Å². The molecule has 148 valence electrons. The molecule has 6 rings (SSSR count). The predicted molar refractivity (Wildman–Crippen MR) is 109 cm³/mol. The molecule has 0 N–H and O–H groups in total. The minimum absolute atomic E-state index is 0. The first-order valence-electron chi connectivity index (χ1n) is 10.7. The first kappa shape index (κ1) is 21.6. The molecule has 0 spiro atoms. The summed E-state index contributed by atoms with van der Waals surface area (Å²) in [4.78, 5) is 0. The maximum absolute atomic E-state index is 2.39. The Balaban J connectivity index is 0.00000102. The van der Waals surface area contributed by atoms with Gasteiger partial charge in [0.1, 0.15) is 0 Å². The van der Waals surface area contributed by atoms with Crippen LogP contribution < -0.4 is 24.8 Å². The molecule has 0 amide bonds. The van der Waals surface area contributed by atoms with Gasteiger partial charge in [0.25, 0.3) is 0 Å².